The van der Waals surface area contributed by atoms with Crippen molar-refractivity contribution in [2.24, 2.45) is 0 Å². The Morgan fingerprint density at radius 1 is 1.04 bits per heavy atom. The van der Waals surface area contributed by atoms with E-state index in [1.165, 1.54) is 0 Å². The molecule has 0 saturated heterocycles. The monoisotopic (exact) mass is 462 g/mol. The summed E-state index contributed by atoms with van der Waals surface area (Å²) >= 11 is 15.8. The number of benzene rings is 2. The van der Waals surface area contributed by atoms with Gasteiger partial charge in [-0.25, -0.2) is 0 Å². The van der Waals surface area contributed by atoms with Crippen molar-refractivity contribution in [3.8, 4) is 0 Å². The Balaban J connectivity index is 1.94. The highest BCUT2D eigenvalue weighted by Crippen LogP contribution is 2.24. The second-order valence-electron chi connectivity index (χ2n) is 6.28. The Hall–Kier alpha value is -1.88. The molecule has 1 aromatic heterocycles. The Labute approximate surface area is 177 Å². The lowest BCUT2D eigenvalue weighted by Crippen LogP contribution is -2.30. The van der Waals surface area contributed by atoms with Crippen LogP contribution in [0.15, 0.2) is 65.4 Å². The zero-order valence-electron chi connectivity index (χ0n) is 14.6. The maximum atomic E-state index is 13.3. The van der Waals surface area contributed by atoms with E-state index in [-0.39, 0.29) is 5.91 Å². The lowest BCUT2D eigenvalue weighted by atomic mass is 10.1. The summed E-state index contributed by atoms with van der Waals surface area (Å²) in [6.07, 6.45) is 3.47. The Morgan fingerprint density at radius 2 is 1.74 bits per heavy atom. The van der Waals surface area contributed by atoms with E-state index in [9.17, 15) is 4.79 Å². The van der Waals surface area contributed by atoms with Crippen molar-refractivity contribution in [3.05, 3.63) is 97.7 Å². The van der Waals surface area contributed by atoms with Gasteiger partial charge in [0, 0.05) is 40.0 Å². The van der Waals surface area contributed by atoms with E-state index >= 15 is 0 Å². The van der Waals surface area contributed by atoms with Gasteiger partial charge in [0.25, 0.3) is 5.91 Å². The fourth-order valence-corrected chi connectivity index (χ4v) is 4.03. The molecule has 0 fully saturated rings. The minimum absolute atomic E-state index is 0.0816. The molecule has 0 unspecified atom stereocenters. The summed E-state index contributed by atoms with van der Waals surface area (Å²) < 4.78 is 0.771. The van der Waals surface area contributed by atoms with E-state index in [0.29, 0.717) is 28.7 Å². The molecule has 1 heterocycles. The van der Waals surface area contributed by atoms with E-state index in [4.69, 9.17) is 23.2 Å². The predicted molar refractivity (Wildman–Crippen MR) is 113 cm³/mol. The molecule has 0 aliphatic rings. The minimum atomic E-state index is -0.0816. The van der Waals surface area contributed by atoms with Crippen LogP contribution in [0.25, 0.3) is 0 Å². The van der Waals surface area contributed by atoms with Gasteiger partial charge >= 0.3 is 0 Å². The molecular formula is C21H17BrCl2N2O. The number of hydrogen-bond donors (Lipinski definition) is 0. The number of nitrogens with zero attached hydrogens (tertiary/aromatic N) is 2. The van der Waals surface area contributed by atoms with E-state index in [1.54, 1.807) is 23.4 Å². The molecule has 0 atom stereocenters. The number of amides is 1. The van der Waals surface area contributed by atoms with E-state index in [0.717, 1.165) is 21.2 Å². The van der Waals surface area contributed by atoms with Gasteiger partial charge in [-0.2, -0.15) is 0 Å². The van der Waals surface area contributed by atoms with Crippen LogP contribution in [0, 0.1) is 6.92 Å². The molecule has 0 spiro atoms. The summed E-state index contributed by atoms with van der Waals surface area (Å²) in [7, 11) is 0. The van der Waals surface area contributed by atoms with Crippen LogP contribution in [-0.4, -0.2) is 15.8 Å². The minimum Gasteiger partial charge on any atom is -0.330 e. The molecule has 0 radical (unpaired) electrons. The number of aromatic nitrogens is 1. The van der Waals surface area contributed by atoms with Gasteiger partial charge in [-0.1, -0.05) is 35.3 Å². The highest BCUT2D eigenvalue weighted by molar-refractivity contribution is 9.10. The van der Waals surface area contributed by atoms with E-state index in [1.807, 2.05) is 49.4 Å². The van der Waals surface area contributed by atoms with Crippen LogP contribution in [0.2, 0.25) is 10.0 Å². The summed E-state index contributed by atoms with van der Waals surface area (Å²) in [5.41, 5.74) is 3.51. The molecule has 0 aliphatic heterocycles. The van der Waals surface area contributed by atoms with Gasteiger partial charge in [0.15, 0.2) is 0 Å². The van der Waals surface area contributed by atoms with Gasteiger partial charge in [0.1, 0.15) is 0 Å². The summed E-state index contributed by atoms with van der Waals surface area (Å²) in [4.78, 5) is 19.2. The van der Waals surface area contributed by atoms with Gasteiger partial charge in [0.05, 0.1) is 5.56 Å². The van der Waals surface area contributed by atoms with Crippen molar-refractivity contribution in [2.75, 3.05) is 0 Å². The lowest BCUT2D eigenvalue weighted by Gasteiger charge is -2.24. The van der Waals surface area contributed by atoms with E-state index < -0.39 is 0 Å². The highest BCUT2D eigenvalue weighted by Gasteiger charge is 2.19. The van der Waals surface area contributed by atoms with Crippen LogP contribution in [0.1, 0.15) is 27.0 Å². The highest BCUT2D eigenvalue weighted by atomic mass is 79.9. The summed E-state index contributed by atoms with van der Waals surface area (Å²) in [5.74, 6) is -0.0816. The smallest absolute Gasteiger partial charge is 0.255 e. The van der Waals surface area contributed by atoms with Crippen molar-refractivity contribution in [1.82, 2.24) is 9.88 Å². The maximum Gasteiger partial charge on any atom is 0.255 e. The second kappa shape index (κ2) is 8.87. The normalized spacial score (nSPS) is 10.7. The SMILES string of the molecule is Cc1ccc(C(=O)N(Cc2cccnc2)Cc2cc(Cl)cc(Cl)c2)c(Br)c1. The second-order valence-corrected chi connectivity index (χ2v) is 8.01. The molecule has 0 aliphatic carbocycles. The standard InChI is InChI=1S/C21H17BrCl2N2O/c1-14-4-5-19(20(22)7-14)21(27)26(12-15-3-2-6-25-11-15)13-16-8-17(23)10-18(24)9-16/h2-11H,12-13H2,1H3. The van der Waals surface area contributed by atoms with Crippen LogP contribution in [0.5, 0.6) is 0 Å². The average Bonchev–Trinajstić information content (AvgIpc) is 2.61. The fourth-order valence-electron chi connectivity index (χ4n) is 2.80. The van der Waals surface area contributed by atoms with Crippen LogP contribution in [0.4, 0.5) is 0 Å². The van der Waals surface area contributed by atoms with Gasteiger partial charge in [-0.05, 0) is 75.9 Å². The zero-order chi connectivity index (χ0) is 19.4. The number of hydrogen-bond acceptors (Lipinski definition) is 2. The molecule has 27 heavy (non-hydrogen) atoms. The fraction of sp³-hybridized carbons (Fsp3) is 0.143. The van der Waals surface area contributed by atoms with Crippen molar-refractivity contribution in [3.63, 3.8) is 0 Å². The van der Waals surface area contributed by atoms with Gasteiger partial charge < -0.3 is 4.90 Å². The number of carbonyl (C=O) groups is 1. The molecule has 1 amide bonds. The van der Waals surface area contributed by atoms with Crippen molar-refractivity contribution >= 4 is 45.0 Å². The van der Waals surface area contributed by atoms with Gasteiger partial charge in [-0.3, -0.25) is 9.78 Å². The number of pyridine rings is 1. The Bertz CT molecular complexity index is 943. The van der Waals surface area contributed by atoms with Crippen LogP contribution in [-0.2, 0) is 13.1 Å². The first kappa shape index (κ1) is 19.9. The molecule has 6 heteroatoms. The largest absolute Gasteiger partial charge is 0.330 e. The average molecular weight is 464 g/mol. The maximum absolute atomic E-state index is 13.3. The summed E-state index contributed by atoms with van der Waals surface area (Å²) in [6, 6.07) is 14.8. The molecule has 0 N–H and O–H groups in total. The molecule has 3 rings (SSSR count). The molecule has 0 saturated carbocycles. The summed E-state index contributed by atoms with van der Waals surface area (Å²) in [6.45, 7) is 2.80. The molecular weight excluding hydrogens is 447 g/mol. The van der Waals surface area contributed by atoms with E-state index in [2.05, 4.69) is 20.9 Å². The first-order valence-electron chi connectivity index (χ1n) is 8.31. The molecule has 0 bridgehead atoms. The molecule has 3 nitrogen and oxygen atoms in total. The van der Waals surface area contributed by atoms with Gasteiger partial charge in [0.2, 0.25) is 0 Å². The third kappa shape index (κ3) is 5.32. The van der Waals surface area contributed by atoms with Crippen LogP contribution >= 0.6 is 39.1 Å². The van der Waals surface area contributed by atoms with Crippen molar-refractivity contribution < 1.29 is 4.79 Å². The van der Waals surface area contributed by atoms with Crippen LogP contribution < -0.4 is 0 Å². The Kier molecular flexibility index (Phi) is 6.53. The number of rotatable bonds is 5. The molecule has 2 aromatic carbocycles. The number of aryl methyl sites for hydroxylation is 1. The third-order valence-corrected chi connectivity index (χ3v) is 5.13. The Morgan fingerprint density at radius 3 is 2.37 bits per heavy atom. The number of halogens is 3. The first-order chi connectivity index (χ1) is 12.9. The topological polar surface area (TPSA) is 33.2 Å². The first-order valence-corrected chi connectivity index (χ1v) is 9.86. The lowest BCUT2D eigenvalue weighted by molar-refractivity contribution is 0.0729. The van der Waals surface area contributed by atoms with Crippen molar-refractivity contribution in [2.45, 2.75) is 20.0 Å². The number of carbonyl (C=O) groups excluding carboxylic acids is 1. The molecule has 3 aromatic rings. The molecule has 138 valence electrons. The third-order valence-electron chi connectivity index (χ3n) is 4.03. The quantitative estimate of drug-likeness (QED) is 0.444. The van der Waals surface area contributed by atoms with Crippen LogP contribution in [0.3, 0.4) is 0 Å². The zero-order valence-corrected chi connectivity index (χ0v) is 17.7. The van der Waals surface area contributed by atoms with Crippen molar-refractivity contribution in [1.29, 1.82) is 0 Å². The predicted octanol–water partition coefficient (Wildman–Crippen LogP) is 6.30. The summed E-state index contributed by atoms with van der Waals surface area (Å²) in [5, 5.41) is 1.09. The van der Waals surface area contributed by atoms with Gasteiger partial charge in [-0.15, -0.1) is 0 Å².